The van der Waals surface area contributed by atoms with E-state index in [0.29, 0.717) is 23.3 Å². The Labute approximate surface area is 94.5 Å². The van der Waals surface area contributed by atoms with Gasteiger partial charge in [-0.25, -0.2) is 4.79 Å². The van der Waals surface area contributed by atoms with Gasteiger partial charge in [-0.1, -0.05) is 13.3 Å². The molecule has 16 heavy (non-hydrogen) atoms. The maximum atomic E-state index is 11.0. The Morgan fingerprint density at radius 1 is 1.62 bits per heavy atom. The second kappa shape index (κ2) is 4.04. The molecule has 0 aliphatic heterocycles. The summed E-state index contributed by atoms with van der Waals surface area (Å²) in [5.41, 5.74) is 6.97. The van der Waals surface area contributed by atoms with E-state index in [2.05, 4.69) is 12.2 Å². The van der Waals surface area contributed by atoms with Crippen LogP contribution in [-0.4, -0.2) is 17.1 Å². The van der Waals surface area contributed by atoms with Crippen molar-refractivity contribution in [1.82, 2.24) is 0 Å². The highest BCUT2D eigenvalue weighted by Gasteiger charge is 2.35. The van der Waals surface area contributed by atoms with Gasteiger partial charge in [0.1, 0.15) is 0 Å². The van der Waals surface area contributed by atoms with E-state index >= 15 is 0 Å². The van der Waals surface area contributed by atoms with Crippen molar-refractivity contribution in [2.75, 3.05) is 11.1 Å². The molecule has 2 atom stereocenters. The zero-order valence-electron chi connectivity index (χ0n) is 9.23. The van der Waals surface area contributed by atoms with Gasteiger partial charge in [-0.05, 0) is 30.5 Å². The first-order valence-corrected chi connectivity index (χ1v) is 5.51. The van der Waals surface area contributed by atoms with Crippen LogP contribution in [0.3, 0.4) is 0 Å². The van der Waals surface area contributed by atoms with Crippen molar-refractivity contribution < 1.29 is 9.90 Å². The monoisotopic (exact) mass is 220 g/mol. The van der Waals surface area contributed by atoms with Crippen LogP contribution in [0.4, 0.5) is 11.4 Å². The first-order chi connectivity index (χ1) is 7.61. The van der Waals surface area contributed by atoms with E-state index in [0.717, 1.165) is 12.8 Å². The van der Waals surface area contributed by atoms with Crippen molar-refractivity contribution >= 4 is 17.3 Å². The smallest absolute Gasteiger partial charge is 0.337 e. The lowest BCUT2D eigenvalue weighted by Gasteiger charge is -2.09. The molecule has 1 aromatic rings. The van der Waals surface area contributed by atoms with Crippen molar-refractivity contribution in [3.8, 4) is 0 Å². The summed E-state index contributed by atoms with van der Waals surface area (Å²) in [6.07, 6.45) is 2.26. The van der Waals surface area contributed by atoms with Crippen LogP contribution in [0.5, 0.6) is 0 Å². The molecule has 0 bridgehead atoms. The first-order valence-electron chi connectivity index (χ1n) is 5.51. The van der Waals surface area contributed by atoms with Crippen molar-refractivity contribution in [3.05, 3.63) is 23.8 Å². The molecule has 2 rings (SSSR count). The number of nitrogen functional groups attached to an aromatic ring is 1. The summed E-state index contributed by atoms with van der Waals surface area (Å²) < 4.78 is 0. The second-order valence-corrected chi connectivity index (χ2v) is 4.27. The van der Waals surface area contributed by atoms with E-state index in [1.165, 1.54) is 6.07 Å². The van der Waals surface area contributed by atoms with Gasteiger partial charge >= 0.3 is 5.97 Å². The van der Waals surface area contributed by atoms with Crippen LogP contribution in [0.1, 0.15) is 30.1 Å². The van der Waals surface area contributed by atoms with Gasteiger partial charge in [0.05, 0.1) is 5.56 Å². The van der Waals surface area contributed by atoms with Crippen LogP contribution in [0.15, 0.2) is 18.2 Å². The number of rotatable bonds is 4. The third kappa shape index (κ3) is 2.10. The lowest BCUT2D eigenvalue weighted by atomic mass is 10.1. The van der Waals surface area contributed by atoms with Crippen LogP contribution in [0.25, 0.3) is 0 Å². The fourth-order valence-corrected chi connectivity index (χ4v) is 1.94. The van der Waals surface area contributed by atoms with Gasteiger partial charge < -0.3 is 16.2 Å². The normalized spacial score (nSPS) is 22.8. The lowest BCUT2D eigenvalue weighted by molar-refractivity contribution is 0.0698. The highest BCUT2D eigenvalue weighted by molar-refractivity contribution is 5.95. The molecule has 1 fully saturated rings. The average molecular weight is 220 g/mol. The molecule has 4 heteroatoms. The fourth-order valence-electron chi connectivity index (χ4n) is 1.94. The highest BCUT2D eigenvalue weighted by atomic mass is 16.4. The maximum absolute atomic E-state index is 11.0. The van der Waals surface area contributed by atoms with Crippen LogP contribution in [-0.2, 0) is 0 Å². The van der Waals surface area contributed by atoms with Gasteiger partial charge in [-0.3, -0.25) is 0 Å². The molecule has 4 N–H and O–H groups in total. The van der Waals surface area contributed by atoms with E-state index in [4.69, 9.17) is 10.8 Å². The molecule has 0 spiro atoms. The molecule has 0 heterocycles. The second-order valence-electron chi connectivity index (χ2n) is 4.27. The van der Waals surface area contributed by atoms with Gasteiger partial charge in [-0.15, -0.1) is 0 Å². The third-order valence-electron chi connectivity index (χ3n) is 3.06. The number of aromatic carboxylic acids is 1. The number of nitrogens with two attached hydrogens (primary N) is 1. The SMILES string of the molecule is CCC1CC1Nc1ccc(N)cc1C(=O)O. The average Bonchev–Trinajstić information content (AvgIpc) is 2.99. The summed E-state index contributed by atoms with van der Waals surface area (Å²) in [6.45, 7) is 2.15. The molecule has 4 nitrogen and oxygen atoms in total. The summed E-state index contributed by atoms with van der Waals surface area (Å²) in [5.74, 6) is -0.261. The Morgan fingerprint density at radius 3 is 2.94 bits per heavy atom. The molecule has 0 saturated heterocycles. The van der Waals surface area contributed by atoms with E-state index in [-0.39, 0.29) is 5.56 Å². The quantitative estimate of drug-likeness (QED) is 0.680. The summed E-state index contributed by atoms with van der Waals surface area (Å²) >= 11 is 0. The number of carboxylic acids is 1. The molecule has 0 radical (unpaired) electrons. The molecular weight excluding hydrogens is 204 g/mol. The van der Waals surface area contributed by atoms with Gasteiger partial charge in [0.15, 0.2) is 0 Å². The highest BCUT2D eigenvalue weighted by Crippen LogP contribution is 2.37. The number of benzene rings is 1. The summed E-state index contributed by atoms with van der Waals surface area (Å²) in [4.78, 5) is 11.0. The Morgan fingerprint density at radius 2 is 2.38 bits per heavy atom. The first kappa shape index (κ1) is 10.8. The van der Waals surface area contributed by atoms with E-state index in [9.17, 15) is 4.79 Å². The van der Waals surface area contributed by atoms with Crippen LogP contribution in [0.2, 0.25) is 0 Å². The molecule has 86 valence electrons. The minimum atomic E-state index is -0.941. The lowest BCUT2D eigenvalue weighted by Crippen LogP contribution is -2.10. The molecule has 1 aliphatic carbocycles. The van der Waals surface area contributed by atoms with Crippen LogP contribution < -0.4 is 11.1 Å². The van der Waals surface area contributed by atoms with E-state index in [1.807, 2.05) is 0 Å². The van der Waals surface area contributed by atoms with Gasteiger partial charge in [-0.2, -0.15) is 0 Å². The summed E-state index contributed by atoms with van der Waals surface area (Å²) in [5, 5.41) is 12.3. The third-order valence-corrected chi connectivity index (χ3v) is 3.06. The molecule has 1 aromatic carbocycles. The van der Waals surface area contributed by atoms with Crippen LogP contribution in [0, 0.1) is 5.92 Å². The van der Waals surface area contributed by atoms with Crippen molar-refractivity contribution in [2.45, 2.75) is 25.8 Å². The van der Waals surface area contributed by atoms with Gasteiger partial charge in [0.25, 0.3) is 0 Å². The van der Waals surface area contributed by atoms with E-state index in [1.54, 1.807) is 12.1 Å². The Kier molecular flexibility index (Phi) is 2.73. The fraction of sp³-hybridized carbons (Fsp3) is 0.417. The summed E-state index contributed by atoms with van der Waals surface area (Å²) in [7, 11) is 0. The number of anilines is 2. The van der Waals surface area contributed by atoms with Gasteiger partial charge in [0.2, 0.25) is 0 Å². The molecule has 1 aliphatic rings. The Hall–Kier alpha value is -1.71. The molecule has 1 saturated carbocycles. The molecule has 0 aromatic heterocycles. The minimum Gasteiger partial charge on any atom is -0.478 e. The Bertz CT molecular complexity index is 417. The molecule has 0 amide bonds. The minimum absolute atomic E-state index is 0.252. The standard InChI is InChI=1S/C12H16N2O2/c1-2-7-5-11(7)14-10-4-3-8(13)6-9(10)12(15)16/h3-4,6-7,11,14H,2,5,13H2,1H3,(H,15,16). The predicted octanol–water partition coefficient (Wildman–Crippen LogP) is 2.18. The maximum Gasteiger partial charge on any atom is 0.337 e. The van der Waals surface area contributed by atoms with Crippen LogP contribution >= 0.6 is 0 Å². The number of hydrogen-bond acceptors (Lipinski definition) is 3. The molecular formula is C12H16N2O2. The zero-order chi connectivity index (χ0) is 11.7. The van der Waals surface area contributed by atoms with Crippen molar-refractivity contribution in [1.29, 1.82) is 0 Å². The number of nitrogens with one attached hydrogen (secondary N) is 1. The van der Waals surface area contributed by atoms with Gasteiger partial charge in [0, 0.05) is 17.4 Å². The largest absolute Gasteiger partial charge is 0.478 e. The van der Waals surface area contributed by atoms with E-state index < -0.39 is 5.97 Å². The number of carbonyl (C=O) groups is 1. The van der Waals surface area contributed by atoms with Crippen molar-refractivity contribution in [2.24, 2.45) is 5.92 Å². The predicted molar refractivity (Wildman–Crippen MR) is 63.6 cm³/mol. The zero-order valence-corrected chi connectivity index (χ0v) is 9.23. The number of hydrogen-bond donors (Lipinski definition) is 3. The number of carboxylic acid groups (broad SMARTS) is 1. The molecule has 2 unspecified atom stereocenters. The van der Waals surface area contributed by atoms with Crippen molar-refractivity contribution in [3.63, 3.8) is 0 Å². The Balaban J connectivity index is 2.17. The summed E-state index contributed by atoms with van der Waals surface area (Å²) in [6, 6.07) is 5.38. The topological polar surface area (TPSA) is 75.3 Å².